The van der Waals surface area contributed by atoms with Crippen LogP contribution in [0.15, 0.2) is 0 Å². The Morgan fingerprint density at radius 1 is 1.50 bits per heavy atom. The van der Waals surface area contributed by atoms with Gasteiger partial charge in [-0.25, -0.2) is 8.78 Å². The monoisotopic (exact) mass is 173 g/mol. The highest BCUT2D eigenvalue weighted by atomic mass is 35.5. The topological polar surface area (TPSA) is 32.3 Å². The number of nitrogens with one attached hydrogen (secondary N) is 1. The largest absolute Gasteiger partial charge is 0.390 e. The number of hydrogen-bond acceptors (Lipinski definition) is 2. The molecule has 1 aliphatic rings. The summed E-state index contributed by atoms with van der Waals surface area (Å²) in [4.78, 5) is 0. The van der Waals surface area contributed by atoms with Gasteiger partial charge in [0.15, 0.2) is 0 Å². The van der Waals surface area contributed by atoms with E-state index in [1.807, 2.05) is 0 Å². The van der Waals surface area contributed by atoms with Crippen LogP contribution in [0.1, 0.15) is 0 Å². The smallest absolute Gasteiger partial charge is 0.275 e. The molecule has 2 N–H and O–H groups in total. The maximum absolute atomic E-state index is 12.3. The van der Waals surface area contributed by atoms with E-state index in [4.69, 9.17) is 5.11 Å². The molecule has 0 radical (unpaired) electrons. The van der Waals surface area contributed by atoms with Crippen molar-refractivity contribution in [2.24, 2.45) is 5.92 Å². The molecule has 0 unspecified atom stereocenters. The molecule has 0 saturated carbocycles. The summed E-state index contributed by atoms with van der Waals surface area (Å²) in [5.74, 6) is -3.52. The molecule has 0 aromatic rings. The summed E-state index contributed by atoms with van der Waals surface area (Å²) >= 11 is 0. The maximum atomic E-state index is 12.3. The molecule has 2 nitrogen and oxygen atoms in total. The fourth-order valence-electron chi connectivity index (χ4n) is 0.716. The van der Waals surface area contributed by atoms with Crippen LogP contribution in [-0.4, -0.2) is 30.7 Å². The highest BCUT2D eigenvalue weighted by Crippen LogP contribution is 2.26. The minimum absolute atomic E-state index is 0. The second-order valence-corrected chi connectivity index (χ2v) is 2.27. The summed E-state index contributed by atoms with van der Waals surface area (Å²) in [6.45, 7) is -0.375. The standard InChI is InChI=1S/C5H9F2NO.ClH/c6-5(7,3-9)4-1-8-2-4;/h4,8-9H,1-3H2;1H. The summed E-state index contributed by atoms with van der Waals surface area (Å²) in [6, 6.07) is 0. The lowest BCUT2D eigenvalue weighted by molar-refractivity contribution is -0.111. The molecule has 0 spiro atoms. The highest BCUT2D eigenvalue weighted by molar-refractivity contribution is 5.85. The summed E-state index contributed by atoms with van der Waals surface area (Å²) in [7, 11) is 0. The Morgan fingerprint density at radius 3 is 2.10 bits per heavy atom. The first-order valence-electron chi connectivity index (χ1n) is 2.86. The fraction of sp³-hybridized carbons (Fsp3) is 1.00. The first kappa shape index (κ1) is 10.1. The molecule has 10 heavy (non-hydrogen) atoms. The molecule has 1 rings (SSSR count). The Bertz CT molecular complexity index is 108. The molecule has 0 bridgehead atoms. The maximum Gasteiger partial charge on any atom is 0.275 e. The van der Waals surface area contributed by atoms with Crippen LogP contribution in [0.25, 0.3) is 0 Å². The average molecular weight is 174 g/mol. The van der Waals surface area contributed by atoms with E-state index < -0.39 is 18.4 Å². The molecule has 0 aliphatic carbocycles. The molecule has 0 aromatic heterocycles. The van der Waals surface area contributed by atoms with Crippen molar-refractivity contribution in [2.75, 3.05) is 19.7 Å². The summed E-state index contributed by atoms with van der Waals surface area (Å²) in [5.41, 5.74) is 0. The molecule has 1 heterocycles. The van der Waals surface area contributed by atoms with Gasteiger partial charge in [0.05, 0.1) is 0 Å². The molecule has 5 heteroatoms. The van der Waals surface area contributed by atoms with Gasteiger partial charge in [0, 0.05) is 19.0 Å². The first-order valence-corrected chi connectivity index (χ1v) is 2.86. The first-order chi connectivity index (χ1) is 4.17. The SMILES string of the molecule is Cl.OCC(F)(F)C1CNC1. The van der Waals surface area contributed by atoms with Gasteiger partial charge in [0.1, 0.15) is 6.61 Å². The van der Waals surface area contributed by atoms with Crippen LogP contribution in [-0.2, 0) is 0 Å². The third kappa shape index (κ3) is 1.78. The molecule has 0 aromatic carbocycles. The van der Waals surface area contributed by atoms with E-state index in [0.29, 0.717) is 13.1 Å². The van der Waals surface area contributed by atoms with Crippen LogP contribution in [0.3, 0.4) is 0 Å². The van der Waals surface area contributed by atoms with Crippen LogP contribution in [0.2, 0.25) is 0 Å². The lowest BCUT2D eigenvalue weighted by atomic mass is 9.96. The van der Waals surface area contributed by atoms with Crippen molar-refractivity contribution in [2.45, 2.75) is 5.92 Å². The Balaban J connectivity index is 0.000000810. The number of hydrogen-bond donors (Lipinski definition) is 2. The summed E-state index contributed by atoms with van der Waals surface area (Å²) in [6.07, 6.45) is 0. The van der Waals surface area contributed by atoms with Gasteiger partial charge < -0.3 is 10.4 Å². The third-order valence-corrected chi connectivity index (χ3v) is 1.59. The Kier molecular flexibility index (Phi) is 3.48. The predicted octanol–water partition coefficient (Wildman–Crippen LogP) is 0.255. The Labute approximate surface area is 64.0 Å². The Hall–Kier alpha value is 0.0700. The van der Waals surface area contributed by atoms with E-state index in [2.05, 4.69) is 5.32 Å². The van der Waals surface area contributed by atoms with E-state index in [1.54, 1.807) is 0 Å². The van der Waals surface area contributed by atoms with Crippen molar-refractivity contribution >= 4 is 12.4 Å². The normalized spacial score (nSPS) is 19.5. The van der Waals surface area contributed by atoms with Gasteiger partial charge in [-0.3, -0.25) is 0 Å². The lowest BCUT2D eigenvalue weighted by Gasteiger charge is -2.32. The van der Waals surface area contributed by atoms with Crippen molar-refractivity contribution in [3.63, 3.8) is 0 Å². The zero-order valence-electron chi connectivity index (χ0n) is 5.31. The lowest BCUT2D eigenvalue weighted by Crippen LogP contribution is -2.53. The number of alkyl halides is 2. The van der Waals surface area contributed by atoms with Crippen LogP contribution >= 0.6 is 12.4 Å². The average Bonchev–Trinajstić information content (AvgIpc) is 1.60. The molecule has 0 amide bonds. The van der Waals surface area contributed by atoms with E-state index >= 15 is 0 Å². The van der Waals surface area contributed by atoms with Gasteiger partial charge in [0.25, 0.3) is 5.92 Å². The van der Waals surface area contributed by atoms with Gasteiger partial charge in [0.2, 0.25) is 0 Å². The van der Waals surface area contributed by atoms with Crippen molar-refractivity contribution in [3.8, 4) is 0 Å². The van der Waals surface area contributed by atoms with Crippen LogP contribution in [0, 0.1) is 5.92 Å². The quantitative estimate of drug-likeness (QED) is 0.628. The molecule has 1 saturated heterocycles. The van der Waals surface area contributed by atoms with E-state index in [9.17, 15) is 8.78 Å². The zero-order chi connectivity index (χ0) is 6.91. The van der Waals surface area contributed by atoms with Crippen LogP contribution < -0.4 is 5.32 Å². The second-order valence-electron chi connectivity index (χ2n) is 2.27. The molecule has 0 atom stereocenters. The Morgan fingerprint density at radius 2 is 2.00 bits per heavy atom. The van der Waals surface area contributed by atoms with Crippen LogP contribution in [0.4, 0.5) is 8.78 Å². The number of halogens is 3. The minimum atomic E-state index is -2.87. The fourth-order valence-corrected chi connectivity index (χ4v) is 0.716. The van der Waals surface area contributed by atoms with Gasteiger partial charge >= 0.3 is 0 Å². The van der Waals surface area contributed by atoms with Crippen LogP contribution in [0.5, 0.6) is 0 Å². The predicted molar refractivity (Wildman–Crippen MR) is 35.6 cm³/mol. The van der Waals surface area contributed by atoms with Gasteiger partial charge in [-0.2, -0.15) is 0 Å². The number of aliphatic hydroxyl groups is 1. The number of rotatable bonds is 2. The summed E-state index contributed by atoms with van der Waals surface area (Å²) in [5, 5.41) is 10.9. The molecular formula is C5H10ClF2NO. The second kappa shape index (κ2) is 3.46. The van der Waals surface area contributed by atoms with Crippen molar-refractivity contribution in [3.05, 3.63) is 0 Å². The van der Waals surface area contributed by atoms with Crippen molar-refractivity contribution in [1.82, 2.24) is 5.32 Å². The van der Waals surface area contributed by atoms with Gasteiger partial charge in [-0.15, -0.1) is 12.4 Å². The molecule has 1 aliphatic heterocycles. The molecule has 62 valence electrons. The van der Waals surface area contributed by atoms with E-state index in [0.717, 1.165) is 0 Å². The van der Waals surface area contributed by atoms with E-state index in [-0.39, 0.29) is 12.4 Å². The molecular weight excluding hydrogens is 164 g/mol. The van der Waals surface area contributed by atoms with Gasteiger partial charge in [-0.1, -0.05) is 0 Å². The highest BCUT2D eigenvalue weighted by Gasteiger charge is 2.42. The zero-order valence-corrected chi connectivity index (χ0v) is 6.13. The summed E-state index contributed by atoms with van der Waals surface area (Å²) < 4.78 is 24.6. The third-order valence-electron chi connectivity index (χ3n) is 1.59. The minimum Gasteiger partial charge on any atom is -0.390 e. The van der Waals surface area contributed by atoms with Crippen molar-refractivity contribution in [1.29, 1.82) is 0 Å². The van der Waals surface area contributed by atoms with Crippen molar-refractivity contribution < 1.29 is 13.9 Å². The molecule has 1 fully saturated rings. The van der Waals surface area contributed by atoms with Gasteiger partial charge in [-0.05, 0) is 0 Å². The number of aliphatic hydroxyl groups excluding tert-OH is 1. The van der Waals surface area contributed by atoms with E-state index in [1.165, 1.54) is 0 Å².